The van der Waals surface area contributed by atoms with Gasteiger partial charge in [0.1, 0.15) is 30.5 Å². The van der Waals surface area contributed by atoms with E-state index in [1.165, 1.54) is 19.3 Å². The topological polar surface area (TPSA) is 179 Å². The van der Waals surface area contributed by atoms with E-state index in [9.17, 15) is 35.7 Å². The molecule has 2 aliphatic heterocycles. The number of fused-ring (bicyclic) bond motifs is 1. The summed E-state index contributed by atoms with van der Waals surface area (Å²) in [5.41, 5.74) is 1.79. The lowest BCUT2D eigenvalue weighted by molar-refractivity contribution is -0.277. The molecule has 1 saturated heterocycles. The first-order chi connectivity index (χ1) is 17.3. The van der Waals surface area contributed by atoms with Gasteiger partial charge in [0.05, 0.1) is 32.8 Å². The molecule has 0 radical (unpaired) electrons. The number of hydrogen-bond donors (Lipinski definition) is 7. The fourth-order valence-corrected chi connectivity index (χ4v) is 4.45. The van der Waals surface area contributed by atoms with E-state index in [2.05, 4.69) is 0 Å². The average molecular weight is 507 g/mol. The highest BCUT2D eigenvalue weighted by atomic mass is 16.7. The lowest BCUT2D eigenvalue weighted by Crippen LogP contribution is -2.60. The van der Waals surface area contributed by atoms with Crippen molar-refractivity contribution in [2.24, 2.45) is 0 Å². The zero-order chi connectivity index (χ0) is 26.0. The number of benzene rings is 2. The third-order valence-corrected chi connectivity index (χ3v) is 6.35. The van der Waals surface area contributed by atoms with Crippen molar-refractivity contribution in [1.29, 1.82) is 0 Å². The molecular weight excluding hydrogens is 476 g/mol. The molecule has 7 atom stereocenters. The van der Waals surface area contributed by atoms with Crippen LogP contribution in [0, 0.1) is 0 Å². The minimum atomic E-state index is -1.64. The monoisotopic (exact) mass is 506 g/mol. The Bertz CT molecular complexity index is 1090. The Morgan fingerprint density at radius 1 is 0.944 bits per heavy atom. The quantitative estimate of drug-likeness (QED) is 0.252. The van der Waals surface area contributed by atoms with Crippen molar-refractivity contribution < 1.29 is 54.7 Å². The molecule has 4 rings (SSSR count). The van der Waals surface area contributed by atoms with Crippen molar-refractivity contribution >= 4 is 6.08 Å². The largest absolute Gasteiger partial charge is 0.504 e. The van der Waals surface area contributed by atoms with Crippen LogP contribution >= 0.6 is 0 Å². The van der Waals surface area contributed by atoms with Crippen molar-refractivity contribution in [3.05, 3.63) is 53.1 Å². The maximum Gasteiger partial charge on any atom is 0.229 e. The molecule has 2 aromatic rings. The SMILES string of the molecule is COc1cc([C@H]2Oc3c(O[C@H]4O[C@H](CO)[C@H](O)[C@@H](O)[C@H]4O)cc(/C=C/CO)cc3[C@@H]2CO)ccc1O. The average Bonchev–Trinajstić information content (AvgIpc) is 3.26. The number of aromatic hydroxyl groups is 1. The van der Waals surface area contributed by atoms with Crippen LogP contribution in [-0.2, 0) is 4.74 Å². The highest BCUT2D eigenvalue weighted by Gasteiger charge is 2.46. The lowest BCUT2D eigenvalue weighted by atomic mass is 9.90. The summed E-state index contributed by atoms with van der Waals surface area (Å²) in [5.74, 6) is -0.00679. The van der Waals surface area contributed by atoms with Crippen LogP contribution in [0.15, 0.2) is 36.4 Å². The number of methoxy groups -OCH3 is 1. The van der Waals surface area contributed by atoms with Crippen LogP contribution in [-0.4, -0.2) is 93.4 Å². The standard InChI is InChI=1S/C25H30O11/c1-33-17-9-13(4-5-16(17)29)23-15(10-27)14-7-12(3-2-6-26)8-18(24(14)36-23)34-25-22(32)21(31)20(30)19(11-28)35-25/h2-5,7-9,15,19-23,25-32H,6,10-11H2,1H3/b3-2+/t15-,19+,20-,21+,22+,23+,25-/m0/s1. The Kier molecular flexibility index (Phi) is 8.00. The maximum atomic E-state index is 10.4. The second kappa shape index (κ2) is 11.0. The van der Waals surface area contributed by atoms with E-state index in [-0.39, 0.29) is 36.2 Å². The van der Waals surface area contributed by atoms with Crippen LogP contribution in [0.5, 0.6) is 23.0 Å². The van der Waals surface area contributed by atoms with Gasteiger partial charge < -0.3 is 54.7 Å². The number of rotatable bonds is 8. The number of phenolic OH excluding ortho intramolecular Hbond substituents is 1. The first kappa shape index (κ1) is 26.2. The molecule has 11 heteroatoms. The van der Waals surface area contributed by atoms with Crippen LogP contribution in [0.2, 0.25) is 0 Å². The fourth-order valence-electron chi connectivity index (χ4n) is 4.45. The van der Waals surface area contributed by atoms with Crippen molar-refractivity contribution in [3.63, 3.8) is 0 Å². The van der Waals surface area contributed by atoms with Crippen LogP contribution < -0.4 is 14.2 Å². The molecule has 7 N–H and O–H groups in total. The van der Waals surface area contributed by atoms with E-state index in [0.717, 1.165) is 0 Å². The Labute approximate surface area is 207 Å². The van der Waals surface area contributed by atoms with E-state index < -0.39 is 49.3 Å². The normalized spacial score (nSPS) is 29.7. The molecule has 0 amide bonds. The molecule has 196 valence electrons. The van der Waals surface area contributed by atoms with Crippen LogP contribution in [0.1, 0.15) is 28.7 Å². The van der Waals surface area contributed by atoms with E-state index in [1.807, 2.05) is 0 Å². The predicted octanol–water partition coefficient (Wildman–Crippen LogP) is -0.205. The first-order valence-corrected chi connectivity index (χ1v) is 11.4. The third kappa shape index (κ3) is 4.87. The smallest absolute Gasteiger partial charge is 0.229 e. The first-order valence-electron chi connectivity index (χ1n) is 11.4. The van der Waals surface area contributed by atoms with Gasteiger partial charge in [0, 0.05) is 5.56 Å². The molecule has 36 heavy (non-hydrogen) atoms. The lowest BCUT2D eigenvalue weighted by Gasteiger charge is -2.39. The molecule has 2 aromatic carbocycles. The van der Waals surface area contributed by atoms with Crippen LogP contribution in [0.4, 0.5) is 0 Å². The van der Waals surface area contributed by atoms with Gasteiger partial charge in [0.25, 0.3) is 0 Å². The molecule has 0 unspecified atom stereocenters. The summed E-state index contributed by atoms with van der Waals surface area (Å²) in [5, 5.41) is 69.6. The minimum absolute atomic E-state index is 0.0552. The number of phenols is 1. The maximum absolute atomic E-state index is 10.4. The van der Waals surface area contributed by atoms with Crippen molar-refractivity contribution in [2.45, 2.75) is 42.7 Å². The second-order valence-corrected chi connectivity index (χ2v) is 8.60. The Morgan fingerprint density at radius 3 is 2.39 bits per heavy atom. The summed E-state index contributed by atoms with van der Waals surface area (Å²) >= 11 is 0. The molecular formula is C25H30O11. The van der Waals surface area contributed by atoms with Gasteiger partial charge in [-0.2, -0.15) is 0 Å². The Hall–Kier alpha value is -2.90. The summed E-state index contributed by atoms with van der Waals surface area (Å²) < 4.78 is 22.8. The van der Waals surface area contributed by atoms with Crippen molar-refractivity contribution in [2.75, 3.05) is 26.9 Å². The molecule has 0 bridgehead atoms. The highest BCUT2D eigenvalue weighted by molar-refractivity contribution is 5.62. The van der Waals surface area contributed by atoms with Crippen LogP contribution in [0.3, 0.4) is 0 Å². The summed E-state index contributed by atoms with van der Waals surface area (Å²) in [4.78, 5) is 0. The minimum Gasteiger partial charge on any atom is -0.504 e. The molecule has 2 heterocycles. The number of aliphatic hydroxyl groups excluding tert-OH is 6. The van der Waals surface area contributed by atoms with E-state index in [4.69, 9.17) is 18.9 Å². The van der Waals surface area contributed by atoms with Gasteiger partial charge in [-0.15, -0.1) is 0 Å². The third-order valence-electron chi connectivity index (χ3n) is 6.35. The molecule has 0 aliphatic carbocycles. The van der Waals surface area contributed by atoms with Gasteiger partial charge in [-0.3, -0.25) is 0 Å². The Balaban J connectivity index is 1.73. The number of hydrogen-bond acceptors (Lipinski definition) is 11. The Morgan fingerprint density at radius 2 is 1.72 bits per heavy atom. The number of ether oxygens (including phenoxy) is 4. The van der Waals surface area contributed by atoms with Crippen LogP contribution in [0.25, 0.3) is 6.08 Å². The highest BCUT2D eigenvalue weighted by Crippen LogP contribution is 2.52. The van der Waals surface area contributed by atoms with Gasteiger partial charge in [0.2, 0.25) is 6.29 Å². The molecule has 0 aromatic heterocycles. The molecule has 2 aliphatic rings. The van der Waals surface area contributed by atoms with E-state index in [0.29, 0.717) is 16.7 Å². The number of aliphatic hydroxyl groups is 6. The molecule has 11 nitrogen and oxygen atoms in total. The summed E-state index contributed by atoms with van der Waals surface area (Å²) in [6.45, 7) is -1.13. The second-order valence-electron chi connectivity index (χ2n) is 8.60. The van der Waals surface area contributed by atoms with Gasteiger partial charge in [-0.05, 0) is 35.4 Å². The van der Waals surface area contributed by atoms with Gasteiger partial charge in [-0.1, -0.05) is 18.2 Å². The molecule has 1 fully saturated rings. The van der Waals surface area contributed by atoms with Crippen molar-refractivity contribution in [1.82, 2.24) is 0 Å². The van der Waals surface area contributed by atoms with Gasteiger partial charge >= 0.3 is 0 Å². The fraction of sp³-hybridized carbons (Fsp3) is 0.440. The zero-order valence-electron chi connectivity index (χ0n) is 19.5. The van der Waals surface area contributed by atoms with Gasteiger partial charge in [-0.25, -0.2) is 0 Å². The summed E-state index contributed by atoms with van der Waals surface area (Å²) in [7, 11) is 1.42. The van der Waals surface area contributed by atoms with E-state index in [1.54, 1.807) is 30.3 Å². The summed E-state index contributed by atoms with van der Waals surface area (Å²) in [6, 6.07) is 8.03. The van der Waals surface area contributed by atoms with E-state index >= 15 is 0 Å². The van der Waals surface area contributed by atoms with Crippen molar-refractivity contribution in [3.8, 4) is 23.0 Å². The molecule has 0 spiro atoms. The summed E-state index contributed by atoms with van der Waals surface area (Å²) in [6.07, 6.45) is -4.98. The predicted molar refractivity (Wildman–Crippen MR) is 125 cm³/mol. The van der Waals surface area contributed by atoms with Gasteiger partial charge in [0.15, 0.2) is 23.0 Å². The molecule has 0 saturated carbocycles. The zero-order valence-corrected chi connectivity index (χ0v) is 19.5.